The minimum atomic E-state index is -0.859. The SMILES string of the molecule is CC(CN(CCC(=O)O)c1ccccc1)C(N)=O. The average molecular weight is 250 g/mol. The monoisotopic (exact) mass is 250 g/mol. The number of carboxylic acids is 1. The van der Waals surface area contributed by atoms with Gasteiger partial charge < -0.3 is 15.7 Å². The van der Waals surface area contributed by atoms with Crippen LogP contribution < -0.4 is 10.6 Å². The summed E-state index contributed by atoms with van der Waals surface area (Å²) in [6.45, 7) is 2.52. The standard InChI is InChI=1S/C13H18N2O3/c1-10(13(14)18)9-15(8-7-12(16)17)11-5-3-2-4-6-11/h2-6,10H,7-9H2,1H3,(H2,14,18)(H,16,17). The Morgan fingerprint density at radius 3 is 2.44 bits per heavy atom. The van der Waals surface area contributed by atoms with Gasteiger partial charge in [0, 0.05) is 18.8 Å². The maximum atomic E-state index is 11.1. The minimum Gasteiger partial charge on any atom is -0.481 e. The summed E-state index contributed by atoms with van der Waals surface area (Å²) < 4.78 is 0. The summed E-state index contributed by atoms with van der Waals surface area (Å²) in [6, 6.07) is 9.40. The highest BCUT2D eigenvalue weighted by atomic mass is 16.4. The Hall–Kier alpha value is -2.04. The summed E-state index contributed by atoms with van der Waals surface area (Å²) in [4.78, 5) is 23.6. The summed E-state index contributed by atoms with van der Waals surface area (Å²) in [5, 5.41) is 8.73. The van der Waals surface area contributed by atoms with E-state index in [0.717, 1.165) is 5.69 Å². The van der Waals surface area contributed by atoms with Crippen molar-refractivity contribution in [2.75, 3.05) is 18.0 Å². The Kier molecular flexibility index (Phi) is 5.17. The lowest BCUT2D eigenvalue weighted by molar-refractivity contribution is -0.136. The van der Waals surface area contributed by atoms with Gasteiger partial charge in [-0.2, -0.15) is 0 Å². The normalized spacial score (nSPS) is 11.8. The van der Waals surface area contributed by atoms with Gasteiger partial charge in [0.25, 0.3) is 0 Å². The highest BCUT2D eigenvalue weighted by Crippen LogP contribution is 2.15. The van der Waals surface area contributed by atoms with E-state index in [9.17, 15) is 9.59 Å². The third kappa shape index (κ3) is 4.45. The summed E-state index contributed by atoms with van der Waals surface area (Å²) in [5.41, 5.74) is 6.13. The Labute approximate surface area is 106 Å². The van der Waals surface area contributed by atoms with E-state index >= 15 is 0 Å². The second-order valence-electron chi connectivity index (χ2n) is 4.23. The molecule has 0 bridgehead atoms. The second kappa shape index (κ2) is 6.64. The zero-order valence-corrected chi connectivity index (χ0v) is 10.4. The van der Waals surface area contributed by atoms with Crippen LogP contribution in [0.4, 0.5) is 5.69 Å². The van der Waals surface area contributed by atoms with Gasteiger partial charge >= 0.3 is 5.97 Å². The molecule has 1 rings (SSSR count). The Morgan fingerprint density at radius 1 is 1.33 bits per heavy atom. The number of nitrogens with two attached hydrogens (primary N) is 1. The first-order valence-corrected chi connectivity index (χ1v) is 5.82. The number of para-hydroxylation sites is 1. The summed E-state index contributed by atoms with van der Waals surface area (Å²) in [5.74, 6) is -1.56. The molecule has 0 heterocycles. The molecule has 18 heavy (non-hydrogen) atoms. The molecule has 0 saturated heterocycles. The van der Waals surface area contributed by atoms with Crippen LogP contribution in [0.3, 0.4) is 0 Å². The van der Waals surface area contributed by atoms with Crippen molar-refractivity contribution >= 4 is 17.6 Å². The molecule has 1 aromatic carbocycles. The van der Waals surface area contributed by atoms with E-state index in [0.29, 0.717) is 13.1 Å². The van der Waals surface area contributed by atoms with Gasteiger partial charge in [0.05, 0.1) is 12.3 Å². The smallest absolute Gasteiger partial charge is 0.305 e. The van der Waals surface area contributed by atoms with Gasteiger partial charge in [0.15, 0.2) is 0 Å². The molecule has 1 amide bonds. The number of carbonyl (C=O) groups is 2. The molecule has 0 aliphatic carbocycles. The number of hydrogen-bond acceptors (Lipinski definition) is 3. The highest BCUT2D eigenvalue weighted by molar-refractivity contribution is 5.77. The first kappa shape index (κ1) is 14.0. The Bertz CT molecular complexity index is 406. The molecule has 5 heteroatoms. The fourth-order valence-corrected chi connectivity index (χ4v) is 1.62. The number of anilines is 1. The average Bonchev–Trinajstić information content (AvgIpc) is 2.34. The van der Waals surface area contributed by atoms with E-state index in [1.807, 2.05) is 35.2 Å². The Morgan fingerprint density at radius 2 is 1.94 bits per heavy atom. The van der Waals surface area contributed by atoms with Gasteiger partial charge in [-0.3, -0.25) is 9.59 Å². The first-order valence-electron chi connectivity index (χ1n) is 5.82. The summed E-state index contributed by atoms with van der Waals surface area (Å²) in [7, 11) is 0. The van der Waals surface area contributed by atoms with Crippen molar-refractivity contribution in [3.05, 3.63) is 30.3 Å². The lowest BCUT2D eigenvalue weighted by Crippen LogP contribution is -2.36. The predicted molar refractivity (Wildman–Crippen MR) is 69.3 cm³/mol. The predicted octanol–water partition coefficient (Wildman–Crippen LogP) is 1.09. The van der Waals surface area contributed by atoms with E-state index < -0.39 is 5.97 Å². The highest BCUT2D eigenvalue weighted by Gasteiger charge is 2.15. The zero-order chi connectivity index (χ0) is 13.5. The van der Waals surface area contributed by atoms with Crippen molar-refractivity contribution in [2.45, 2.75) is 13.3 Å². The minimum absolute atomic E-state index is 0.0282. The van der Waals surface area contributed by atoms with Crippen LogP contribution in [0.1, 0.15) is 13.3 Å². The third-order valence-electron chi connectivity index (χ3n) is 2.70. The number of hydrogen-bond donors (Lipinski definition) is 2. The van der Waals surface area contributed by atoms with E-state index in [4.69, 9.17) is 10.8 Å². The number of aliphatic carboxylic acids is 1. The van der Waals surface area contributed by atoms with E-state index in [1.54, 1.807) is 6.92 Å². The molecular weight excluding hydrogens is 232 g/mol. The van der Waals surface area contributed by atoms with E-state index in [-0.39, 0.29) is 18.2 Å². The maximum Gasteiger partial charge on any atom is 0.305 e. The number of nitrogens with zero attached hydrogens (tertiary/aromatic N) is 1. The van der Waals surface area contributed by atoms with Gasteiger partial charge in [-0.25, -0.2) is 0 Å². The van der Waals surface area contributed by atoms with Crippen molar-refractivity contribution in [1.29, 1.82) is 0 Å². The number of carbonyl (C=O) groups excluding carboxylic acids is 1. The second-order valence-corrected chi connectivity index (χ2v) is 4.23. The molecule has 5 nitrogen and oxygen atoms in total. The topological polar surface area (TPSA) is 83.6 Å². The zero-order valence-electron chi connectivity index (χ0n) is 10.4. The lowest BCUT2D eigenvalue weighted by Gasteiger charge is -2.26. The molecule has 0 aromatic heterocycles. The molecular formula is C13H18N2O3. The third-order valence-corrected chi connectivity index (χ3v) is 2.70. The fraction of sp³-hybridized carbons (Fsp3) is 0.385. The number of benzene rings is 1. The van der Waals surface area contributed by atoms with Crippen molar-refractivity contribution in [2.24, 2.45) is 11.7 Å². The van der Waals surface area contributed by atoms with Crippen LogP contribution >= 0.6 is 0 Å². The number of carboxylic acid groups (broad SMARTS) is 1. The van der Waals surface area contributed by atoms with Crippen LogP contribution in [0.2, 0.25) is 0 Å². The molecule has 0 aliphatic rings. The summed E-state index contributed by atoms with van der Waals surface area (Å²) in [6.07, 6.45) is 0.0282. The first-order chi connectivity index (χ1) is 8.50. The van der Waals surface area contributed by atoms with Crippen molar-refractivity contribution in [3.8, 4) is 0 Å². The van der Waals surface area contributed by atoms with Crippen LogP contribution in [0.5, 0.6) is 0 Å². The molecule has 98 valence electrons. The van der Waals surface area contributed by atoms with Crippen LogP contribution in [0.25, 0.3) is 0 Å². The number of rotatable bonds is 7. The molecule has 1 aromatic rings. The van der Waals surface area contributed by atoms with Crippen LogP contribution in [0, 0.1) is 5.92 Å². The maximum absolute atomic E-state index is 11.1. The van der Waals surface area contributed by atoms with Gasteiger partial charge in [0.1, 0.15) is 0 Å². The van der Waals surface area contributed by atoms with Crippen LogP contribution in [0.15, 0.2) is 30.3 Å². The van der Waals surface area contributed by atoms with Crippen molar-refractivity contribution in [1.82, 2.24) is 0 Å². The number of primary amides is 1. The van der Waals surface area contributed by atoms with Gasteiger partial charge in [-0.05, 0) is 12.1 Å². The molecule has 0 fully saturated rings. The lowest BCUT2D eigenvalue weighted by atomic mass is 10.1. The van der Waals surface area contributed by atoms with Crippen molar-refractivity contribution in [3.63, 3.8) is 0 Å². The molecule has 0 aliphatic heterocycles. The molecule has 1 atom stereocenters. The number of amides is 1. The molecule has 0 saturated carbocycles. The van der Waals surface area contributed by atoms with Gasteiger partial charge in [-0.1, -0.05) is 25.1 Å². The molecule has 1 unspecified atom stereocenters. The van der Waals surface area contributed by atoms with Crippen LogP contribution in [-0.4, -0.2) is 30.1 Å². The molecule has 0 radical (unpaired) electrons. The van der Waals surface area contributed by atoms with Gasteiger partial charge in [0.2, 0.25) is 5.91 Å². The fourth-order valence-electron chi connectivity index (χ4n) is 1.62. The van der Waals surface area contributed by atoms with Gasteiger partial charge in [-0.15, -0.1) is 0 Å². The summed E-state index contributed by atoms with van der Waals surface area (Å²) >= 11 is 0. The van der Waals surface area contributed by atoms with E-state index in [2.05, 4.69) is 0 Å². The van der Waals surface area contributed by atoms with E-state index in [1.165, 1.54) is 0 Å². The molecule has 0 spiro atoms. The van der Waals surface area contributed by atoms with Crippen molar-refractivity contribution < 1.29 is 14.7 Å². The quantitative estimate of drug-likeness (QED) is 0.758. The molecule has 3 N–H and O–H groups in total. The largest absolute Gasteiger partial charge is 0.481 e. The Balaban J connectivity index is 2.75. The van der Waals surface area contributed by atoms with Crippen LogP contribution in [-0.2, 0) is 9.59 Å².